The van der Waals surface area contributed by atoms with Crippen LogP contribution in [0, 0.1) is 5.92 Å². The summed E-state index contributed by atoms with van der Waals surface area (Å²) in [7, 11) is 0. The highest BCUT2D eigenvalue weighted by Gasteiger charge is 2.45. The highest BCUT2D eigenvalue weighted by Crippen LogP contribution is 2.32. The summed E-state index contributed by atoms with van der Waals surface area (Å²) in [5.74, 6) is -0.541. The Kier molecular flexibility index (Phi) is 2.71. The minimum absolute atomic E-state index is 0.297. The Morgan fingerprint density at radius 1 is 1.69 bits per heavy atom. The number of hydrogen-bond acceptors (Lipinski definition) is 3. The number of aromatic amines is 1. The van der Waals surface area contributed by atoms with Gasteiger partial charge in [-0.3, -0.25) is 5.32 Å². The summed E-state index contributed by atoms with van der Waals surface area (Å²) in [5.41, 5.74) is 0.587. The maximum absolute atomic E-state index is 11.6. The Labute approximate surface area is 94.3 Å². The van der Waals surface area contributed by atoms with E-state index in [4.69, 9.17) is 0 Å². The van der Waals surface area contributed by atoms with Crippen molar-refractivity contribution in [1.29, 1.82) is 0 Å². The fourth-order valence-electron chi connectivity index (χ4n) is 2.41. The molecule has 2 rings (SSSR count). The molecule has 16 heavy (non-hydrogen) atoms. The van der Waals surface area contributed by atoms with Gasteiger partial charge in [-0.15, -0.1) is 0 Å². The number of carbonyl (C=O) groups is 1. The van der Waals surface area contributed by atoms with Gasteiger partial charge < -0.3 is 10.1 Å². The van der Waals surface area contributed by atoms with E-state index in [1.165, 1.54) is 0 Å². The lowest BCUT2D eigenvalue weighted by Crippen LogP contribution is -2.54. The molecule has 0 fully saturated rings. The van der Waals surface area contributed by atoms with Gasteiger partial charge >= 0.3 is 5.97 Å². The molecule has 0 saturated heterocycles. The molecule has 3 N–H and O–H groups in total. The molecule has 5 nitrogen and oxygen atoms in total. The first-order valence-electron chi connectivity index (χ1n) is 5.57. The predicted octanol–water partition coefficient (Wildman–Crippen LogP) is 0.881. The maximum Gasteiger partial charge on any atom is 0.330 e. The van der Waals surface area contributed by atoms with Crippen molar-refractivity contribution in [2.24, 2.45) is 5.92 Å². The standard InChI is InChI=1S/C11H17N3O2/c1-7(2)5-11(10(15)16)9-8(3-4-14-11)12-6-13-9/h6-7,14H,3-5H2,1-2H3,(H,12,13)(H,15,16). The van der Waals surface area contributed by atoms with E-state index in [0.717, 1.165) is 12.1 Å². The Morgan fingerprint density at radius 2 is 2.44 bits per heavy atom. The summed E-state index contributed by atoms with van der Waals surface area (Å²) >= 11 is 0. The number of nitrogens with one attached hydrogen (secondary N) is 2. The van der Waals surface area contributed by atoms with Gasteiger partial charge in [0.1, 0.15) is 0 Å². The zero-order valence-electron chi connectivity index (χ0n) is 9.58. The van der Waals surface area contributed by atoms with Crippen LogP contribution in [0.1, 0.15) is 31.7 Å². The van der Waals surface area contributed by atoms with Gasteiger partial charge in [0.25, 0.3) is 0 Å². The van der Waals surface area contributed by atoms with Crippen LogP contribution >= 0.6 is 0 Å². The van der Waals surface area contributed by atoms with E-state index < -0.39 is 11.5 Å². The fraction of sp³-hybridized carbons (Fsp3) is 0.636. The molecule has 88 valence electrons. The average molecular weight is 223 g/mol. The number of imidazole rings is 1. The fourth-order valence-corrected chi connectivity index (χ4v) is 2.41. The molecule has 1 aliphatic heterocycles. The van der Waals surface area contributed by atoms with Crippen LogP contribution in [-0.2, 0) is 16.8 Å². The Morgan fingerprint density at radius 3 is 3.06 bits per heavy atom. The number of carboxylic acids is 1. The minimum Gasteiger partial charge on any atom is -0.480 e. The Balaban J connectivity index is 2.45. The molecule has 0 aromatic carbocycles. The summed E-state index contributed by atoms with van der Waals surface area (Å²) < 4.78 is 0. The van der Waals surface area contributed by atoms with Crippen molar-refractivity contribution < 1.29 is 9.90 Å². The van der Waals surface area contributed by atoms with E-state index in [0.29, 0.717) is 24.6 Å². The number of aliphatic carboxylic acids is 1. The third-order valence-electron chi connectivity index (χ3n) is 3.00. The third-order valence-corrected chi connectivity index (χ3v) is 3.00. The van der Waals surface area contributed by atoms with Crippen LogP contribution in [0.4, 0.5) is 0 Å². The van der Waals surface area contributed by atoms with Crippen LogP contribution in [-0.4, -0.2) is 27.6 Å². The molecule has 1 atom stereocenters. The van der Waals surface area contributed by atoms with Crippen molar-refractivity contribution >= 4 is 5.97 Å². The zero-order chi connectivity index (χ0) is 11.8. The molecule has 0 spiro atoms. The molecule has 5 heteroatoms. The van der Waals surface area contributed by atoms with E-state index in [9.17, 15) is 9.90 Å². The lowest BCUT2D eigenvalue weighted by atomic mass is 9.82. The highest BCUT2D eigenvalue weighted by atomic mass is 16.4. The van der Waals surface area contributed by atoms with E-state index in [1.807, 2.05) is 13.8 Å². The third kappa shape index (κ3) is 1.61. The summed E-state index contributed by atoms with van der Waals surface area (Å²) in [4.78, 5) is 18.8. The minimum atomic E-state index is -1.01. The van der Waals surface area contributed by atoms with E-state index in [2.05, 4.69) is 15.3 Å². The number of fused-ring (bicyclic) bond motifs is 1. The number of aromatic nitrogens is 2. The van der Waals surface area contributed by atoms with Crippen LogP contribution in [0.25, 0.3) is 0 Å². The lowest BCUT2D eigenvalue weighted by Gasteiger charge is -2.34. The molecule has 0 aliphatic carbocycles. The van der Waals surface area contributed by atoms with Gasteiger partial charge in [-0.1, -0.05) is 13.8 Å². The second kappa shape index (κ2) is 3.90. The number of rotatable bonds is 3. The van der Waals surface area contributed by atoms with Crippen LogP contribution in [0.15, 0.2) is 6.33 Å². The van der Waals surface area contributed by atoms with Gasteiger partial charge in [0, 0.05) is 18.7 Å². The largest absolute Gasteiger partial charge is 0.480 e. The van der Waals surface area contributed by atoms with Crippen molar-refractivity contribution in [2.75, 3.05) is 6.54 Å². The van der Waals surface area contributed by atoms with Gasteiger partial charge in [0.2, 0.25) is 0 Å². The normalized spacial score (nSPS) is 24.4. The van der Waals surface area contributed by atoms with Crippen LogP contribution in [0.3, 0.4) is 0 Å². The van der Waals surface area contributed by atoms with E-state index in [-0.39, 0.29) is 0 Å². The second-order valence-electron chi connectivity index (χ2n) is 4.71. The molecular formula is C11H17N3O2. The molecule has 1 unspecified atom stereocenters. The molecule has 0 bridgehead atoms. The van der Waals surface area contributed by atoms with Crippen molar-refractivity contribution in [3.05, 3.63) is 17.7 Å². The molecule has 1 aromatic heterocycles. The average Bonchev–Trinajstić information content (AvgIpc) is 2.65. The second-order valence-corrected chi connectivity index (χ2v) is 4.71. The van der Waals surface area contributed by atoms with Gasteiger partial charge in [-0.2, -0.15) is 0 Å². The predicted molar refractivity (Wildman–Crippen MR) is 59.1 cm³/mol. The Bertz CT molecular complexity index is 400. The molecule has 0 saturated carbocycles. The van der Waals surface area contributed by atoms with Gasteiger partial charge in [0.05, 0.1) is 12.0 Å². The van der Waals surface area contributed by atoms with Crippen LogP contribution in [0.5, 0.6) is 0 Å². The van der Waals surface area contributed by atoms with Crippen molar-refractivity contribution in [3.63, 3.8) is 0 Å². The molecule has 1 aliphatic rings. The summed E-state index contributed by atoms with van der Waals surface area (Å²) in [6, 6.07) is 0. The Hall–Kier alpha value is -1.36. The molecule has 0 radical (unpaired) electrons. The van der Waals surface area contributed by atoms with Crippen LogP contribution < -0.4 is 5.32 Å². The molecular weight excluding hydrogens is 206 g/mol. The first kappa shape index (κ1) is 11.1. The molecule has 1 aromatic rings. The summed E-state index contributed by atoms with van der Waals surface area (Å²) in [6.45, 7) is 4.72. The summed E-state index contributed by atoms with van der Waals surface area (Å²) in [6.07, 6.45) is 2.94. The molecule has 0 amide bonds. The number of carboxylic acid groups (broad SMARTS) is 1. The summed E-state index contributed by atoms with van der Waals surface area (Å²) in [5, 5.41) is 12.6. The number of H-pyrrole nitrogens is 1. The van der Waals surface area contributed by atoms with Crippen molar-refractivity contribution in [3.8, 4) is 0 Å². The topological polar surface area (TPSA) is 78.0 Å². The van der Waals surface area contributed by atoms with Crippen molar-refractivity contribution in [1.82, 2.24) is 15.3 Å². The van der Waals surface area contributed by atoms with E-state index in [1.54, 1.807) is 6.33 Å². The van der Waals surface area contributed by atoms with Crippen LogP contribution in [0.2, 0.25) is 0 Å². The lowest BCUT2D eigenvalue weighted by molar-refractivity contribution is -0.146. The van der Waals surface area contributed by atoms with Gasteiger partial charge in [0.15, 0.2) is 5.54 Å². The van der Waals surface area contributed by atoms with E-state index >= 15 is 0 Å². The van der Waals surface area contributed by atoms with Gasteiger partial charge in [-0.05, 0) is 12.3 Å². The highest BCUT2D eigenvalue weighted by molar-refractivity contribution is 5.81. The monoisotopic (exact) mass is 223 g/mol. The SMILES string of the molecule is CC(C)CC1(C(=O)O)NCCc2[nH]cnc21. The number of nitrogens with zero attached hydrogens (tertiary/aromatic N) is 1. The smallest absolute Gasteiger partial charge is 0.330 e. The number of hydrogen-bond donors (Lipinski definition) is 3. The van der Waals surface area contributed by atoms with Gasteiger partial charge in [-0.25, -0.2) is 9.78 Å². The first-order chi connectivity index (χ1) is 7.56. The zero-order valence-corrected chi connectivity index (χ0v) is 9.58. The quantitative estimate of drug-likeness (QED) is 0.711. The maximum atomic E-state index is 11.6. The first-order valence-corrected chi connectivity index (χ1v) is 5.57. The molecule has 2 heterocycles. The van der Waals surface area contributed by atoms with Crippen molar-refractivity contribution in [2.45, 2.75) is 32.2 Å².